The Bertz CT molecular complexity index is 474. The zero-order valence-electron chi connectivity index (χ0n) is 11.3. The Morgan fingerprint density at radius 1 is 1.30 bits per heavy atom. The van der Waals surface area contributed by atoms with E-state index >= 15 is 0 Å². The molecule has 0 aliphatic heterocycles. The molecule has 110 valence electrons. The van der Waals surface area contributed by atoms with Crippen molar-refractivity contribution in [1.29, 1.82) is 0 Å². The predicted molar refractivity (Wildman–Crippen MR) is 70.5 cm³/mol. The molecule has 2 amide bonds. The van der Waals surface area contributed by atoms with Crippen molar-refractivity contribution in [2.45, 2.75) is 12.5 Å². The molecule has 1 atom stereocenters. The van der Waals surface area contributed by atoms with E-state index in [4.69, 9.17) is 4.74 Å². The number of hydrogen-bond donors (Lipinski definition) is 3. The minimum Gasteiger partial charge on any atom is -0.386 e. The number of hydrogen-bond acceptors (Lipinski definition) is 4. The number of amides is 2. The molecular weight excluding hydrogens is 267 g/mol. The summed E-state index contributed by atoms with van der Waals surface area (Å²) in [6.07, 6.45) is 0. The quantitative estimate of drug-likeness (QED) is 0.678. The van der Waals surface area contributed by atoms with Crippen LogP contribution in [0, 0.1) is 5.82 Å². The Labute approximate surface area is 115 Å². The number of aliphatic hydroxyl groups is 1. The van der Waals surface area contributed by atoms with Gasteiger partial charge in [-0.2, -0.15) is 0 Å². The lowest BCUT2D eigenvalue weighted by molar-refractivity contribution is -0.137. The van der Waals surface area contributed by atoms with Gasteiger partial charge in [-0.05, 0) is 31.2 Å². The summed E-state index contributed by atoms with van der Waals surface area (Å²) in [4.78, 5) is 23.1. The average molecular weight is 284 g/mol. The molecule has 0 aliphatic rings. The van der Waals surface area contributed by atoms with E-state index in [9.17, 15) is 19.1 Å². The topological polar surface area (TPSA) is 87.7 Å². The van der Waals surface area contributed by atoms with Gasteiger partial charge in [0.05, 0.1) is 6.61 Å². The first-order valence-corrected chi connectivity index (χ1v) is 5.90. The van der Waals surface area contributed by atoms with E-state index in [1.165, 1.54) is 26.2 Å². The molecule has 0 bridgehead atoms. The van der Waals surface area contributed by atoms with Crippen molar-refractivity contribution in [1.82, 2.24) is 5.32 Å². The summed E-state index contributed by atoms with van der Waals surface area (Å²) in [6.45, 7) is 1.36. The summed E-state index contributed by atoms with van der Waals surface area (Å²) in [7, 11) is 1.41. The second-order valence-corrected chi connectivity index (χ2v) is 4.57. The lowest BCUT2D eigenvalue weighted by atomic mass is 10.1. The van der Waals surface area contributed by atoms with Crippen LogP contribution in [-0.4, -0.2) is 42.8 Å². The third-order valence-electron chi connectivity index (χ3n) is 2.39. The molecule has 20 heavy (non-hydrogen) atoms. The normalized spacial score (nSPS) is 13.4. The number of nitrogens with one attached hydrogen (secondary N) is 2. The molecule has 1 aromatic rings. The molecule has 3 N–H and O–H groups in total. The molecule has 6 nitrogen and oxygen atoms in total. The predicted octanol–water partition coefficient (Wildman–Crippen LogP) is 0.278. The maximum atomic E-state index is 12.7. The minimum absolute atomic E-state index is 0.0207. The van der Waals surface area contributed by atoms with Gasteiger partial charge in [-0.3, -0.25) is 9.59 Å². The summed E-state index contributed by atoms with van der Waals surface area (Å²) in [5, 5.41) is 14.3. The standard InChI is InChI=1S/C13H17FN2O4/c1-13(19,8-20-2)7-15-11(17)12(18)16-10-5-3-9(14)4-6-10/h3-6,19H,7-8H2,1-2H3,(H,15,17)(H,16,18). The van der Waals surface area contributed by atoms with E-state index in [1.54, 1.807) is 0 Å². The van der Waals surface area contributed by atoms with Gasteiger partial charge in [-0.25, -0.2) is 4.39 Å². The Morgan fingerprint density at radius 2 is 1.90 bits per heavy atom. The van der Waals surface area contributed by atoms with Crippen molar-refractivity contribution in [3.05, 3.63) is 30.1 Å². The zero-order chi connectivity index (χ0) is 15.2. The SMILES string of the molecule is COCC(C)(O)CNC(=O)C(=O)Nc1ccc(F)cc1. The number of carbonyl (C=O) groups excluding carboxylic acids is 2. The van der Waals surface area contributed by atoms with Gasteiger partial charge < -0.3 is 20.5 Å². The van der Waals surface area contributed by atoms with Crippen LogP contribution in [0.1, 0.15) is 6.92 Å². The summed E-state index contributed by atoms with van der Waals surface area (Å²) in [5.41, 5.74) is -0.962. The van der Waals surface area contributed by atoms with E-state index < -0.39 is 23.2 Å². The summed E-state index contributed by atoms with van der Waals surface area (Å²) in [5.74, 6) is -2.24. The van der Waals surface area contributed by atoms with Gasteiger partial charge in [0.2, 0.25) is 0 Å². The Kier molecular flexibility index (Phi) is 5.60. The first-order valence-electron chi connectivity index (χ1n) is 5.90. The molecular formula is C13H17FN2O4. The Morgan fingerprint density at radius 3 is 2.45 bits per heavy atom. The molecule has 7 heteroatoms. The molecule has 0 aromatic heterocycles. The number of halogens is 1. The number of anilines is 1. The Hall–Kier alpha value is -1.99. The number of methoxy groups -OCH3 is 1. The fraction of sp³-hybridized carbons (Fsp3) is 0.385. The molecule has 0 spiro atoms. The highest BCUT2D eigenvalue weighted by Gasteiger charge is 2.23. The van der Waals surface area contributed by atoms with Crippen LogP contribution >= 0.6 is 0 Å². The molecule has 0 saturated heterocycles. The average Bonchev–Trinajstić information content (AvgIpc) is 2.38. The van der Waals surface area contributed by atoms with Gasteiger partial charge in [-0.1, -0.05) is 0 Å². The minimum atomic E-state index is -1.26. The second kappa shape index (κ2) is 6.97. The highest BCUT2D eigenvalue weighted by atomic mass is 19.1. The maximum absolute atomic E-state index is 12.7. The lowest BCUT2D eigenvalue weighted by Gasteiger charge is -2.22. The van der Waals surface area contributed by atoms with E-state index in [2.05, 4.69) is 10.6 Å². The zero-order valence-corrected chi connectivity index (χ0v) is 11.3. The van der Waals surface area contributed by atoms with E-state index in [1.807, 2.05) is 0 Å². The van der Waals surface area contributed by atoms with E-state index in [0.717, 1.165) is 12.1 Å². The van der Waals surface area contributed by atoms with Crippen molar-refractivity contribution < 1.29 is 23.8 Å². The van der Waals surface area contributed by atoms with Gasteiger partial charge in [0.1, 0.15) is 11.4 Å². The number of ether oxygens (including phenoxy) is 1. The van der Waals surface area contributed by atoms with Crippen molar-refractivity contribution in [3.8, 4) is 0 Å². The molecule has 0 heterocycles. The third kappa shape index (κ3) is 5.33. The van der Waals surface area contributed by atoms with Crippen LogP contribution in [0.4, 0.5) is 10.1 Å². The molecule has 0 aliphatic carbocycles. The summed E-state index contributed by atoms with van der Waals surface area (Å²) in [6, 6.07) is 5.00. The smallest absolute Gasteiger partial charge is 0.313 e. The van der Waals surface area contributed by atoms with Crippen molar-refractivity contribution >= 4 is 17.5 Å². The number of rotatable bonds is 5. The van der Waals surface area contributed by atoms with Crippen LogP contribution in [0.3, 0.4) is 0 Å². The highest BCUT2D eigenvalue weighted by molar-refractivity contribution is 6.39. The van der Waals surface area contributed by atoms with Crippen molar-refractivity contribution in [2.24, 2.45) is 0 Å². The second-order valence-electron chi connectivity index (χ2n) is 4.57. The fourth-order valence-corrected chi connectivity index (χ4v) is 1.43. The summed E-state index contributed by atoms with van der Waals surface area (Å²) >= 11 is 0. The maximum Gasteiger partial charge on any atom is 0.313 e. The first kappa shape index (κ1) is 16.1. The molecule has 1 unspecified atom stereocenters. The van der Waals surface area contributed by atoms with Crippen LogP contribution in [0.2, 0.25) is 0 Å². The number of carbonyl (C=O) groups is 2. The van der Waals surface area contributed by atoms with E-state index in [0.29, 0.717) is 5.69 Å². The monoisotopic (exact) mass is 284 g/mol. The molecule has 1 rings (SSSR count). The van der Waals surface area contributed by atoms with Crippen LogP contribution in [0.5, 0.6) is 0 Å². The van der Waals surface area contributed by atoms with Gasteiger partial charge in [0.15, 0.2) is 0 Å². The van der Waals surface area contributed by atoms with Crippen molar-refractivity contribution in [3.63, 3.8) is 0 Å². The third-order valence-corrected chi connectivity index (χ3v) is 2.39. The molecule has 1 aromatic carbocycles. The first-order chi connectivity index (χ1) is 9.34. The van der Waals surface area contributed by atoms with Crippen molar-refractivity contribution in [2.75, 3.05) is 25.6 Å². The number of benzene rings is 1. The highest BCUT2D eigenvalue weighted by Crippen LogP contribution is 2.08. The van der Waals surface area contributed by atoms with Crippen LogP contribution < -0.4 is 10.6 Å². The van der Waals surface area contributed by atoms with Gasteiger partial charge >= 0.3 is 11.8 Å². The van der Waals surface area contributed by atoms with Gasteiger partial charge in [0.25, 0.3) is 0 Å². The van der Waals surface area contributed by atoms with Crippen LogP contribution in [0.25, 0.3) is 0 Å². The van der Waals surface area contributed by atoms with E-state index in [-0.39, 0.29) is 13.2 Å². The summed E-state index contributed by atoms with van der Waals surface area (Å²) < 4.78 is 17.4. The molecule has 0 fully saturated rings. The van der Waals surface area contributed by atoms with Gasteiger partial charge in [0, 0.05) is 19.3 Å². The van der Waals surface area contributed by atoms with Crippen LogP contribution in [0.15, 0.2) is 24.3 Å². The molecule has 0 saturated carbocycles. The lowest BCUT2D eigenvalue weighted by Crippen LogP contribution is -2.46. The Balaban J connectivity index is 2.47. The largest absolute Gasteiger partial charge is 0.386 e. The van der Waals surface area contributed by atoms with Gasteiger partial charge in [-0.15, -0.1) is 0 Å². The fourth-order valence-electron chi connectivity index (χ4n) is 1.43. The van der Waals surface area contributed by atoms with Crippen LogP contribution in [-0.2, 0) is 14.3 Å². The molecule has 0 radical (unpaired) electrons.